The Morgan fingerprint density at radius 1 is 1.33 bits per heavy atom. The summed E-state index contributed by atoms with van der Waals surface area (Å²) in [5.41, 5.74) is -0.352. The maximum Gasteiger partial charge on any atom is 0.356 e. The summed E-state index contributed by atoms with van der Waals surface area (Å²) in [4.78, 5) is 21.4. The van der Waals surface area contributed by atoms with E-state index in [0.29, 0.717) is 19.0 Å². The lowest BCUT2D eigenvalue weighted by atomic mass is 10.2. The zero-order valence-corrected chi connectivity index (χ0v) is 10.6. The molecule has 21 heavy (non-hydrogen) atoms. The summed E-state index contributed by atoms with van der Waals surface area (Å²) in [5.74, 6) is -0.578. The van der Waals surface area contributed by atoms with Gasteiger partial charge in [-0.3, -0.25) is 10.1 Å². The predicted octanol–water partition coefficient (Wildman–Crippen LogP) is 1.25. The number of carbonyl (C=O) groups is 1. The Labute approximate surface area is 117 Å². The molecule has 3 rings (SSSR count). The molecule has 0 amide bonds. The van der Waals surface area contributed by atoms with Gasteiger partial charge in [0.2, 0.25) is 0 Å². The Morgan fingerprint density at radius 2 is 2.00 bits per heavy atom. The molecule has 0 atom stereocenters. The van der Waals surface area contributed by atoms with Crippen LogP contribution in [0.1, 0.15) is 10.5 Å². The number of nitrogens with zero attached hydrogens (tertiary/aromatic N) is 3. The molecule has 0 spiro atoms. The van der Waals surface area contributed by atoms with Gasteiger partial charge in [0.05, 0.1) is 11.0 Å². The highest BCUT2D eigenvalue weighted by Gasteiger charge is 2.24. The molecule has 1 aromatic carbocycles. The van der Waals surface area contributed by atoms with Crippen LogP contribution in [0, 0.1) is 10.1 Å². The molecule has 1 N–H and O–H groups in total. The van der Waals surface area contributed by atoms with E-state index in [9.17, 15) is 14.9 Å². The molecule has 1 aromatic heterocycles. The first kappa shape index (κ1) is 12.9. The van der Waals surface area contributed by atoms with E-state index < -0.39 is 10.9 Å². The number of aromatic nitrogens is 2. The molecule has 0 aliphatic carbocycles. The number of carboxylic acids is 1. The van der Waals surface area contributed by atoms with Crippen LogP contribution in [0.2, 0.25) is 0 Å². The van der Waals surface area contributed by atoms with Crippen molar-refractivity contribution in [1.82, 2.24) is 9.78 Å². The zero-order chi connectivity index (χ0) is 15.0. The van der Waals surface area contributed by atoms with Gasteiger partial charge in [-0.15, -0.1) is 0 Å². The molecule has 1 aliphatic heterocycles. The third kappa shape index (κ3) is 2.24. The van der Waals surface area contributed by atoms with Crippen molar-refractivity contribution in [3.63, 3.8) is 0 Å². The van der Waals surface area contributed by atoms with Gasteiger partial charge in [0.15, 0.2) is 17.2 Å². The maximum atomic E-state index is 11.2. The second-order valence-electron chi connectivity index (χ2n) is 4.19. The first-order chi connectivity index (χ1) is 10.1. The van der Waals surface area contributed by atoms with Crippen LogP contribution in [-0.4, -0.2) is 39.0 Å². The Morgan fingerprint density at radius 3 is 2.57 bits per heavy atom. The van der Waals surface area contributed by atoms with Gasteiger partial charge in [0, 0.05) is 12.3 Å². The molecular formula is C12H9N3O6. The van der Waals surface area contributed by atoms with Gasteiger partial charge in [0.25, 0.3) is 5.69 Å². The normalized spacial score (nSPS) is 13.0. The van der Waals surface area contributed by atoms with Crippen molar-refractivity contribution in [3.05, 3.63) is 40.2 Å². The van der Waals surface area contributed by atoms with Gasteiger partial charge < -0.3 is 14.6 Å². The van der Waals surface area contributed by atoms with Crippen molar-refractivity contribution in [1.29, 1.82) is 0 Å². The summed E-state index contributed by atoms with van der Waals surface area (Å²) < 4.78 is 11.8. The smallest absolute Gasteiger partial charge is 0.356 e. The van der Waals surface area contributed by atoms with E-state index in [0.717, 1.165) is 4.68 Å². The number of hydrogen-bond donors (Lipinski definition) is 1. The topological polar surface area (TPSA) is 117 Å². The molecule has 0 unspecified atom stereocenters. The van der Waals surface area contributed by atoms with Gasteiger partial charge in [-0.2, -0.15) is 5.10 Å². The van der Waals surface area contributed by atoms with E-state index in [2.05, 4.69) is 5.10 Å². The molecule has 0 saturated heterocycles. The summed E-state index contributed by atoms with van der Waals surface area (Å²) in [6.07, 6.45) is 1.34. The number of hydrogen-bond acceptors (Lipinski definition) is 6. The number of carboxylic acid groups (broad SMARTS) is 1. The summed E-state index contributed by atoms with van der Waals surface area (Å²) in [6, 6.07) is 3.90. The van der Waals surface area contributed by atoms with E-state index in [1.165, 1.54) is 24.4 Å². The van der Waals surface area contributed by atoms with Crippen LogP contribution in [0.25, 0.3) is 5.69 Å². The quantitative estimate of drug-likeness (QED) is 0.668. The first-order valence-electron chi connectivity index (χ1n) is 5.93. The Hall–Kier alpha value is -3.10. The molecule has 108 valence electrons. The number of benzene rings is 1. The van der Waals surface area contributed by atoms with Gasteiger partial charge in [-0.1, -0.05) is 0 Å². The molecular weight excluding hydrogens is 282 g/mol. The molecule has 0 bridgehead atoms. The summed E-state index contributed by atoms with van der Waals surface area (Å²) in [7, 11) is 0. The lowest BCUT2D eigenvalue weighted by Gasteiger charge is -2.18. The molecule has 9 heteroatoms. The highest BCUT2D eigenvalue weighted by atomic mass is 16.6. The van der Waals surface area contributed by atoms with Crippen LogP contribution in [0.3, 0.4) is 0 Å². The van der Waals surface area contributed by atoms with E-state index in [-0.39, 0.29) is 22.8 Å². The van der Waals surface area contributed by atoms with Crippen LogP contribution >= 0.6 is 0 Å². The largest absolute Gasteiger partial charge is 0.486 e. The van der Waals surface area contributed by atoms with Crippen molar-refractivity contribution >= 4 is 11.7 Å². The fourth-order valence-corrected chi connectivity index (χ4v) is 1.97. The average molecular weight is 291 g/mol. The fourth-order valence-electron chi connectivity index (χ4n) is 1.97. The van der Waals surface area contributed by atoms with Crippen molar-refractivity contribution in [2.24, 2.45) is 0 Å². The monoisotopic (exact) mass is 291 g/mol. The number of rotatable bonds is 3. The van der Waals surface area contributed by atoms with Crippen molar-refractivity contribution < 1.29 is 24.3 Å². The highest BCUT2D eigenvalue weighted by molar-refractivity contribution is 5.85. The van der Waals surface area contributed by atoms with Crippen molar-refractivity contribution in [2.75, 3.05) is 13.2 Å². The van der Waals surface area contributed by atoms with Gasteiger partial charge in [-0.25, -0.2) is 9.48 Å². The maximum absolute atomic E-state index is 11.2. The third-order valence-corrected chi connectivity index (χ3v) is 2.89. The predicted molar refractivity (Wildman–Crippen MR) is 68.2 cm³/mol. The van der Waals surface area contributed by atoms with Crippen LogP contribution in [0.5, 0.6) is 11.5 Å². The number of ether oxygens (including phenoxy) is 2. The molecule has 2 aromatic rings. The van der Waals surface area contributed by atoms with E-state index in [4.69, 9.17) is 14.6 Å². The Bertz CT molecular complexity index is 739. The Balaban J connectivity index is 2.15. The molecule has 0 fully saturated rings. The van der Waals surface area contributed by atoms with Crippen LogP contribution < -0.4 is 9.47 Å². The zero-order valence-electron chi connectivity index (χ0n) is 10.6. The van der Waals surface area contributed by atoms with E-state index in [1.54, 1.807) is 0 Å². The Kier molecular flexibility index (Phi) is 2.94. The molecule has 9 nitrogen and oxygen atoms in total. The first-order valence-corrected chi connectivity index (χ1v) is 5.93. The summed E-state index contributed by atoms with van der Waals surface area (Å²) in [5, 5.41) is 23.8. The molecule has 2 heterocycles. The van der Waals surface area contributed by atoms with Gasteiger partial charge in [-0.05, 0) is 6.07 Å². The van der Waals surface area contributed by atoms with Crippen LogP contribution in [-0.2, 0) is 0 Å². The van der Waals surface area contributed by atoms with E-state index in [1.807, 2.05) is 0 Å². The van der Waals surface area contributed by atoms with Gasteiger partial charge in [0.1, 0.15) is 18.9 Å². The van der Waals surface area contributed by atoms with E-state index >= 15 is 0 Å². The van der Waals surface area contributed by atoms with Crippen LogP contribution in [0.4, 0.5) is 5.69 Å². The number of aromatic carboxylic acids is 1. The van der Waals surface area contributed by atoms with Crippen LogP contribution in [0.15, 0.2) is 24.4 Å². The SMILES string of the molecule is O=C(O)c1ccn(-c2cc3c(cc2[N+](=O)[O-])OCCO3)n1. The summed E-state index contributed by atoms with van der Waals surface area (Å²) >= 11 is 0. The highest BCUT2D eigenvalue weighted by Crippen LogP contribution is 2.38. The number of nitro benzene ring substituents is 1. The minimum atomic E-state index is -1.21. The lowest BCUT2D eigenvalue weighted by molar-refractivity contribution is -0.384. The number of fused-ring (bicyclic) bond motifs is 1. The molecule has 0 saturated carbocycles. The average Bonchev–Trinajstić information content (AvgIpc) is 2.95. The van der Waals surface area contributed by atoms with Crippen molar-refractivity contribution in [3.8, 4) is 17.2 Å². The van der Waals surface area contributed by atoms with Gasteiger partial charge >= 0.3 is 5.97 Å². The lowest BCUT2D eigenvalue weighted by Crippen LogP contribution is -2.16. The standard InChI is InChI=1S/C12H9N3O6/c16-12(17)7-1-2-14(13-7)8-5-10-11(21-4-3-20-10)6-9(8)15(18)19/h1-2,5-6H,3-4H2,(H,16,17). The third-order valence-electron chi connectivity index (χ3n) is 2.89. The molecule has 1 aliphatic rings. The summed E-state index contributed by atoms with van der Waals surface area (Å²) in [6.45, 7) is 0.651. The molecule has 0 radical (unpaired) electrons. The second kappa shape index (κ2) is 4.78. The van der Waals surface area contributed by atoms with Crippen molar-refractivity contribution in [2.45, 2.75) is 0 Å². The minimum Gasteiger partial charge on any atom is -0.486 e. The fraction of sp³-hybridized carbons (Fsp3) is 0.167. The number of nitro groups is 1. The minimum absolute atomic E-state index is 0.108. The second-order valence-corrected chi connectivity index (χ2v) is 4.19.